The Labute approximate surface area is 74.6 Å². The van der Waals surface area contributed by atoms with Gasteiger partial charge in [0.25, 0.3) is 0 Å². The van der Waals surface area contributed by atoms with Crippen LogP contribution in [-0.2, 0) is 12.8 Å². The standard InChI is InChI=1S/C12H14/c1-4-10-7-8-11(5-2)12(6-3)9-10/h1,7-9H,5-6H2,2-3H3. The van der Waals surface area contributed by atoms with Crippen LogP contribution in [0.5, 0.6) is 0 Å². The van der Waals surface area contributed by atoms with Crippen LogP contribution in [0.1, 0.15) is 30.5 Å². The molecule has 0 amide bonds. The third-order valence-electron chi connectivity index (χ3n) is 2.13. The fourth-order valence-corrected chi connectivity index (χ4v) is 1.39. The van der Waals surface area contributed by atoms with Gasteiger partial charge in [0.1, 0.15) is 0 Å². The molecule has 0 saturated heterocycles. The van der Waals surface area contributed by atoms with E-state index in [1.54, 1.807) is 0 Å². The average molecular weight is 158 g/mol. The van der Waals surface area contributed by atoms with Crippen molar-refractivity contribution in [1.82, 2.24) is 0 Å². The molecular weight excluding hydrogens is 144 g/mol. The number of hydrogen-bond donors (Lipinski definition) is 0. The van der Waals surface area contributed by atoms with Gasteiger partial charge < -0.3 is 0 Å². The monoisotopic (exact) mass is 158 g/mol. The number of benzene rings is 1. The molecule has 0 nitrogen and oxygen atoms in total. The largest absolute Gasteiger partial charge is 0.115 e. The van der Waals surface area contributed by atoms with Crippen LogP contribution in [0.4, 0.5) is 0 Å². The summed E-state index contributed by atoms with van der Waals surface area (Å²) in [4.78, 5) is 0. The van der Waals surface area contributed by atoms with E-state index in [9.17, 15) is 0 Å². The molecule has 1 aromatic rings. The second-order valence-corrected chi connectivity index (χ2v) is 2.83. The Morgan fingerprint density at radius 2 is 1.83 bits per heavy atom. The molecule has 0 unspecified atom stereocenters. The lowest BCUT2D eigenvalue weighted by Crippen LogP contribution is -1.91. The van der Waals surface area contributed by atoms with Gasteiger partial charge in [-0.05, 0) is 36.1 Å². The Balaban J connectivity index is 3.13. The lowest BCUT2D eigenvalue weighted by molar-refractivity contribution is 1.04. The van der Waals surface area contributed by atoms with Gasteiger partial charge in [-0.25, -0.2) is 0 Å². The molecule has 0 aliphatic carbocycles. The number of aryl methyl sites for hydroxylation is 2. The molecule has 0 aromatic heterocycles. The molecule has 12 heavy (non-hydrogen) atoms. The summed E-state index contributed by atoms with van der Waals surface area (Å²) >= 11 is 0. The minimum atomic E-state index is 0.990. The van der Waals surface area contributed by atoms with Crippen LogP contribution in [-0.4, -0.2) is 0 Å². The van der Waals surface area contributed by atoms with E-state index in [1.807, 2.05) is 6.07 Å². The summed E-state index contributed by atoms with van der Waals surface area (Å²) < 4.78 is 0. The van der Waals surface area contributed by atoms with Crippen molar-refractivity contribution < 1.29 is 0 Å². The first-order valence-corrected chi connectivity index (χ1v) is 4.40. The number of rotatable bonds is 2. The van der Waals surface area contributed by atoms with Gasteiger partial charge in [-0.1, -0.05) is 25.8 Å². The first kappa shape index (κ1) is 8.87. The summed E-state index contributed by atoms with van der Waals surface area (Å²) in [6, 6.07) is 6.25. The van der Waals surface area contributed by atoms with Gasteiger partial charge in [-0.2, -0.15) is 0 Å². The van der Waals surface area contributed by atoms with Crippen LogP contribution >= 0.6 is 0 Å². The first-order valence-electron chi connectivity index (χ1n) is 4.40. The maximum Gasteiger partial charge on any atom is 0.0245 e. The van der Waals surface area contributed by atoms with Crippen molar-refractivity contribution in [3.63, 3.8) is 0 Å². The van der Waals surface area contributed by atoms with E-state index < -0.39 is 0 Å². The van der Waals surface area contributed by atoms with Crippen LogP contribution in [0.15, 0.2) is 18.2 Å². The Hall–Kier alpha value is -1.22. The van der Waals surface area contributed by atoms with Gasteiger partial charge in [-0.3, -0.25) is 0 Å². The van der Waals surface area contributed by atoms with E-state index in [4.69, 9.17) is 6.42 Å². The summed E-state index contributed by atoms with van der Waals surface area (Å²) in [6.07, 6.45) is 7.47. The maximum absolute atomic E-state index is 5.31. The molecule has 0 N–H and O–H groups in total. The minimum absolute atomic E-state index is 0.990. The van der Waals surface area contributed by atoms with Gasteiger partial charge in [-0.15, -0.1) is 6.42 Å². The van der Waals surface area contributed by atoms with E-state index in [0.29, 0.717) is 0 Å². The molecule has 0 radical (unpaired) electrons. The highest BCUT2D eigenvalue weighted by molar-refractivity contribution is 5.39. The van der Waals surface area contributed by atoms with Gasteiger partial charge in [0, 0.05) is 5.56 Å². The zero-order chi connectivity index (χ0) is 8.97. The van der Waals surface area contributed by atoms with Crippen molar-refractivity contribution in [3.05, 3.63) is 34.9 Å². The highest BCUT2D eigenvalue weighted by Crippen LogP contribution is 2.12. The van der Waals surface area contributed by atoms with Crippen LogP contribution < -0.4 is 0 Å². The predicted octanol–water partition coefficient (Wildman–Crippen LogP) is 2.79. The summed E-state index contributed by atoms with van der Waals surface area (Å²) in [7, 11) is 0. The first-order chi connectivity index (χ1) is 5.81. The van der Waals surface area contributed by atoms with Gasteiger partial charge in [0.15, 0.2) is 0 Å². The van der Waals surface area contributed by atoms with Crippen molar-refractivity contribution in [3.8, 4) is 12.3 Å². The molecule has 0 aliphatic rings. The van der Waals surface area contributed by atoms with E-state index >= 15 is 0 Å². The highest BCUT2D eigenvalue weighted by atomic mass is 14.0. The van der Waals surface area contributed by atoms with Crippen LogP contribution in [0.2, 0.25) is 0 Å². The predicted molar refractivity (Wildman–Crippen MR) is 53.1 cm³/mol. The highest BCUT2D eigenvalue weighted by Gasteiger charge is 1.98. The van der Waals surface area contributed by atoms with Crippen molar-refractivity contribution in [2.75, 3.05) is 0 Å². The second kappa shape index (κ2) is 3.97. The molecule has 0 fully saturated rings. The average Bonchev–Trinajstić information content (AvgIpc) is 2.16. The lowest BCUT2D eigenvalue weighted by atomic mass is 10.0. The van der Waals surface area contributed by atoms with Crippen molar-refractivity contribution in [2.24, 2.45) is 0 Å². The summed E-state index contributed by atoms with van der Waals surface area (Å²) in [5, 5.41) is 0. The Bertz CT molecular complexity index is 302. The molecule has 1 rings (SSSR count). The topological polar surface area (TPSA) is 0 Å². The maximum atomic E-state index is 5.31. The zero-order valence-corrected chi connectivity index (χ0v) is 7.72. The van der Waals surface area contributed by atoms with Crippen molar-refractivity contribution >= 4 is 0 Å². The van der Waals surface area contributed by atoms with Crippen molar-refractivity contribution in [1.29, 1.82) is 0 Å². The number of hydrogen-bond acceptors (Lipinski definition) is 0. The fraction of sp³-hybridized carbons (Fsp3) is 0.333. The zero-order valence-electron chi connectivity index (χ0n) is 7.72. The quantitative estimate of drug-likeness (QED) is 0.580. The minimum Gasteiger partial charge on any atom is -0.115 e. The third kappa shape index (κ3) is 1.68. The SMILES string of the molecule is C#Cc1ccc(CC)c(CC)c1. The molecular formula is C12H14. The third-order valence-corrected chi connectivity index (χ3v) is 2.13. The Morgan fingerprint density at radius 1 is 1.17 bits per heavy atom. The summed E-state index contributed by atoms with van der Waals surface area (Å²) in [5.74, 6) is 2.65. The summed E-state index contributed by atoms with van der Waals surface area (Å²) in [5.41, 5.74) is 3.79. The molecule has 0 atom stereocenters. The Morgan fingerprint density at radius 3 is 2.33 bits per heavy atom. The summed E-state index contributed by atoms with van der Waals surface area (Å²) in [6.45, 7) is 4.33. The van der Waals surface area contributed by atoms with Gasteiger partial charge in [0.2, 0.25) is 0 Å². The molecule has 1 aromatic carbocycles. The molecule has 0 saturated carbocycles. The van der Waals surface area contributed by atoms with Gasteiger partial charge >= 0.3 is 0 Å². The van der Waals surface area contributed by atoms with Crippen LogP contribution in [0, 0.1) is 12.3 Å². The molecule has 0 bridgehead atoms. The van der Waals surface area contributed by atoms with Crippen LogP contribution in [0.25, 0.3) is 0 Å². The Kier molecular flexibility index (Phi) is 2.94. The van der Waals surface area contributed by atoms with Crippen molar-refractivity contribution in [2.45, 2.75) is 26.7 Å². The van der Waals surface area contributed by atoms with E-state index in [-0.39, 0.29) is 0 Å². The molecule has 0 heterocycles. The molecule has 0 aliphatic heterocycles. The molecule has 0 spiro atoms. The smallest absolute Gasteiger partial charge is 0.0245 e. The number of terminal acetylenes is 1. The van der Waals surface area contributed by atoms with E-state index in [2.05, 4.69) is 31.9 Å². The fourth-order valence-electron chi connectivity index (χ4n) is 1.39. The molecule has 62 valence electrons. The lowest BCUT2D eigenvalue weighted by Gasteiger charge is -2.05. The molecule has 0 heteroatoms. The van der Waals surface area contributed by atoms with E-state index in [0.717, 1.165) is 18.4 Å². The van der Waals surface area contributed by atoms with E-state index in [1.165, 1.54) is 11.1 Å². The normalized spacial score (nSPS) is 9.42. The second-order valence-electron chi connectivity index (χ2n) is 2.83. The van der Waals surface area contributed by atoms with Gasteiger partial charge in [0.05, 0.1) is 0 Å². The van der Waals surface area contributed by atoms with Crippen LogP contribution in [0.3, 0.4) is 0 Å².